The number of sulfone groups is 1. The fraction of sp³-hybridized carbons (Fsp3) is 0.125. The van der Waals surface area contributed by atoms with Crippen molar-refractivity contribution in [3.63, 3.8) is 0 Å². The molecule has 0 radical (unpaired) electrons. The van der Waals surface area contributed by atoms with Gasteiger partial charge in [-0.25, -0.2) is 8.42 Å². The molecular weight excluding hydrogens is 174 g/mol. The number of thiocyanates is 1. The van der Waals surface area contributed by atoms with Crippen LogP contribution in [-0.2, 0) is 9.84 Å². The summed E-state index contributed by atoms with van der Waals surface area (Å²) in [4.78, 5) is 0.0903. The van der Waals surface area contributed by atoms with Gasteiger partial charge in [0.25, 0.3) is 9.84 Å². The average molecular weight is 181 g/mol. The molecule has 0 aliphatic carbocycles. The Morgan fingerprint density at radius 2 is 1.92 bits per heavy atom. The summed E-state index contributed by atoms with van der Waals surface area (Å²) in [6.45, 7) is 1.66. The van der Waals surface area contributed by atoms with Gasteiger partial charge in [-0.15, -0.1) is 0 Å². The van der Waals surface area contributed by atoms with Crippen LogP contribution in [0.5, 0.6) is 0 Å². The first-order valence-corrected chi connectivity index (χ1v) is 4.78. The molecule has 0 unspecified atom stereocenters. The molecule has 0 aromatic heterocycles. The van der Waals surface area contributed by atoms with Crippen molar-refractivity contribution in [1.29, 1.82) is 5.26 Å². The van der Waals surface area contributed by atoms with Gasteiger partial charge < -0.3 is 0 Å². The highest BCUT2D eigenvalue weighted by Crippen LogP contribution is 2.14. The lowest BCUT2D eigenvalue weighted by atomic mass is 10.2. The average Bonchev–Trinajstić information content (AvgIpc) is 2.05. The van der Waals surface area contributed by atoms with Crippen LogP contribution >= 0.6 is 0 Å². The number of nitriles is 1. The Morgan fingerprint density at radius 1 is 1.33 bits per heavy atom. The highest BCUT2D eigenvalue weighted by Gasteiger charge is 2.14. The zero-order valence-electron chi connectivity index (χ0n) is 6.48. The van der Waals surface area contributed by atoms with Crippen molar-refractivity contribution < 1.29 is 8.42 Å². The predicted molar refractivity (Wildman–Crippen MR) is 44.0 cm³/mol. The van der Waals surface area contributed by atoms with Gasteiger partial charge in [0.1, 0.15) is 0 Å². The van der Waals surface area contributed by atoms with Gasteiger partial charge in [0.2, 0.25) is 0 Å². The molecule has 0 N–H and O–H groups in total. The van der Waals surface area contributed by atoms with E-state index >= 15 is 0 Å². The Hall–Kier alpha value is -1.34. The quantitative estimate of drug-likeness (QED) is 0.484. The van der Waals surface area contributed by atoms with Crippen LogP contribution in [0.25, 0.3) is 0 Å². The van der Waals surface area contributed by atoms with Crippen LogP contribution in [0.1, 0.15) is 5.56 Å². The Bertz CT molecular complexity index is 429. The topological polar surface area (TPSA) is 57.9 Å². The first kappa shape index (κ1) is 8.75. The van der Waals surface area contributed by atoms with Crippen LogP contribution in [0, 0.1) is 17.6 Å². The van der Waals surface area contributed by atoms with Crippen molar-refractivity contribution in [3.8, 4) is 5.40 Å². The molecule has 0 amide bonds. The first-order chi connectivity index (χ1) is 5.58. The lowest BCUT2D eigenvalue weighted by molar-refractivity contribution is 0.605. The van der Waals surface area contributed by atoms with Gasteiger partial charge in [0.05, 0.1) is 4.90 Å². The minimum absolute atomic E-state index is 0.0903. The second-order valence-electron chi connectivity index (χ2n) is 2.36. The third kappa shape index (κ3) is 1.46. The number of nitrogens with zero attached hydrogens (tertiary/aromatic N) is 1. The van der Waals surface area contributed by atoms with E-state index in [0.717, 1.165) is 0 Å². The standard InChI is InChI=1S/C8H7NO2S/c1-7-4-2-3-5-8(7)12(10,11)6-9/h2-5H,1H3. The molecular formula is C8H7NO2S. The molecule has 0 aliphatic heterocycles. The Balaban J connectivity index is 3.43. The summed E-state index contributed by atoms with van der Waals surface area (Å²) >= 11 is 0. The molecule has 62 valence electrons. The van der Waals surface area contributed by atoms with Crippen molar-refractivity contribution in [3.05, 3.63) is 29.8 Å². The van der Waals surface area contributed by atoms with Gasteiger partial charge in [-0.1, -0.05) is 18.2 Å². The smallest absolute Gasteiger partial charge is 0.208 e. The van der Waals surface area contributed by atoms with E-state index in [1.54, 1.807) is 25.1 Å². The largest absolute Gasteiger partial charge is 0.270 e. The SMILES string of the molecule is Cc1ccccc1S(=O)(=O)C#N. The predicted octanol–water partition coefficient (Wildman–Crippen LogP) is 1.25. The zero-order valence-corrected chi connectivity index (χ0v) is 7.30. The maximum Gasteiger partial charge on any atom is 0.270 e. The molecule has 0 fully saturated rings. The fourth-order valence-electron chi connectivity index (χ4n) is 0.907. The van der Waals surface area contributed by atoms with Crippen molar-refractivity contribution >= 4 is 9.84 Å². The summed E-state index contributed by atoms with van der Waals surface area (Å²) in [5, 5.41) is 9.60. The van der Waals surface area contributed by atoms with Gasteiger partial charge in [-0.05, 0) is 18.6 Å². The first-order valence-electron chi connectivity index (χ1n) is 3.29. The van der Waals surface area contributed by atoms with Crippen LogP contribution < -0.4 is 0 Å². The second kappa shape index (κ2) is 2.95. The summed E-state index contributed by atoms with van der Waals surface area (Å²) in [7, 11) is -3.72. The molecule has 1 aromatic carbocycles. The van der Waals surface area contributed by atoms with Crippen molar-refractivity contribution in [2.24, 2.45) is 0 Å². The summed E-state index contributed by atoms with van der Waals surface area (Å²) < 4.78 is 22.1. The summed E-state index contributed by atoms with van der Waals surface area (Å²) in [6.07, 6.45) is 0. The molecule has 0 aliphatic rings. The highest BCUT2D eigenvalue weighted by atomic mass is 32.2. The van der Waals surface area contributed by atoms with Gasteiger partial charge in [-0.2, -0.15) is 5.26 Å². The Labute approximate surface area is 71.2 Å². The monoisotopic (exact) mass is 181 g/mol. The normalized spacial score (nSPS) is 10.7. The molecule has 0 saturated carbocycles. The third-order valence-electron chi connectivity index (χ3n) is 1.50. The summed E-state index contributed by atoms with van der Waals surface area (Å²) in [5.41, 5.74) is 0.596. The van der Waals surface area contributed by atoms with E-state index in [1.807, 2.05) is 0 Å². The lowest BCUT2D eigenvalue weighted by Crippen LogP contribution is -1.98. The van der Waals surface area contributed by atoms with E-state index in [-0.39, 0.29) is 4.90 Å². The number of hydrogen-bond acceptors (Lipinski definition) is 3. The highest BCUT2D eigenvalue weighted by molar-refractivity contribution is 7.96. The molecule has 4 heteroatoms. The zero-order chi connectivity index (χ0) is 9.19. The van der Waals surface area contributed by atoms with E-state index in [1.165, 1.54) is 11.5 Å². The molecule has 1 rings (SSSR count). The summed E-state index contributed by atoms with van der Waals surface area (Å²) in [5.74, 6) is 0. The van der Waals surface area contributed by atoms with Crippen LogP contribution in [-0.4, -0.2) is 8.42 Å². The van der Waals surface area contributed by atoms with Gasteiger partial charge in [0.15, 0.2) is 5.40 Å². The van der Waals surface area contributed by atoms with Gasteiger partial charge in [0, 0.05) is 0 Å². The molecule has 0 bridgehead atoms. The van der Waals surface area contributed by atoms with Crippen LogP contribution in [0.2, 0.25) is 0 Å². The lowest BCUT2D eigenvalue weighted by Gasteiger charge is -1.98. The van der Waals surface area contributed by atoms with E-state index < -0.39 is 9.84 Å². The van der Waals surface area contributed by atoms with E-state index in [4.69, 9.17) is 5.26 Å². The minimum atomic E-state index is -3.72. The molecule has 1 aromatic rings. The number of rotatable bonds is 1. The maximum atomic E-state index is 11.1. The second-order valence-corrected chi connectivity index (χ2v) is 3.99. The fourth-order valence-corrected chi connectivity index (χ4v) is 1.76. The van der Waals surface area contributed by atoms with Crippen LogP contribution in [0.4, 0.5) is 0 Å². The van der Waals surface area contributed by atoms with Crippen molar-refractivity contribution in [2.75, 3.05) is 0 Å². The van der Waals surface area contributed by atoms with Gasteiger partial charge >= 0.3 is 0 Å². The number of hydrogen-bond donors (Lipinski definition) is 0. The summed E-state index contributed by atoms with van der Waals surface area (Å²) in [6, 6.07) is 6.40. The maximum absolute atomic E-state index is 11.1. The number of aryl methyl sites for hydroxylation is 1. The van der Waals surface area contributed by atoms with E-state index in [2.05, 4.69) is 0 Å². The van der Waals surface area contributed by atoms with Crippen molar-refractivity contribution in [2.45, 2.75) is 11.8 Å². The molecule has 0 spiro atoms. The van der Waals surface area contributed by atoms with Crippen LogP contribution in [0.3, 0.4) is 0 Å². The number of benzene rings is 1. The molecule has 0 saturated heterocycles. The van der Waals surface area contributed by atoms with E-state index in [9.17, 15) is 8.42 Å². The third-order valence-corrected chi connectivity index (χ3v) is 2.78. The van der Waals surface area contributed by atoms with E-state index in [0.29, 0.717) is 5.56 Å². The van der Waals surface area contributed by atoms with Crippen molar-refractivity contribution in [1.82, 2.24) is 0 Å². The van der Waals surface area contributed by atoms with Crippen LogP contribution in [0.15, 0.2) is 29.2 Å². The van der Waals surface area contributed by atoms with Gasteiger partial charge in [-0.3, -0.25) is 0 Å². The minimum Gasteiger partial charge on any atom is -0.208 e. The molecule has 12 heavy (non-hydrogen) atoms. The molecule has 3 nitrogen and oxygen atoms in total. The Kier molecular flexibility index (Phi) is 2.15. The molecule has 0 atom stereocenters. The molecule has 0 heterocycles. The Morgan fingerprint density at radius 3 is 2.42 bits per heavy atom.